The van der Waals surface area contributed by atoms with E-state index in [0.29, 0.717) is 12.1 Å². The van der Waals surface area contributed by atoms with Gasteiger partial charge in [-0.3, -0.25) is 10.1 Å². The van der Waals surface area contributed by atoms with Crippen LogP contribution in [0.1, 0.15) is 35.6 Å². The lowest BCUT2D eigenvalue weighted by molar-refractivity contribution is -0.385. The first-order valence-electron chi connectivity index (χ1n) is 8.04. The zero-order chi connectivity index (χ0) is 19.1. The number of hydrogen-bond donors (Lipinski definition) is 2. The fourth-order valence-corrected chi connectivity index (χ4v) is 4.48. The summed E-state index contributed by atoms with van der Waals surface area (Å²) in [5.41, 5.74) is 7.39. The molecular weight excluding hydrogens is 361 g/mol. The van der Waals surface area contributed by atoms with Crippen LogP contribution in [0.2, 0.25) is 0 Å². The van der Waals surface area contributed by atoms with Crippen molar-refractivity contribution in [1.82, 2.24) is 4.72 Å². The molecule has 2 aromatic rings. The van der Waals surface area contributed by atoms with Gasteiger partial charge in [0.2, 0.25) is 10.0 Å². The Hall–Kier alpha value is -2.52. The molecule has 3 rings (SSSR count). The van der Waals surface area contributed by atoms with Gasteiger partial charge in [-0.2, -0.15) is 0 Å². The Morgan fingerprint density at radius 2 is 2.04 bits per heavy atom. The highest BCUT2D eigenvalue weighted by Crippen LogP contribution is 2.33. The number of nitrogens with one attached hydrogen (secondary N) is 1. The fourth-order valence-electron chi connectivity index (χ4n) is 3.20. The standard InChI is InChI=1S/C17H18FN3O4S/c1-10-15(18)8-13(9-17(10)21(22)23)26(24,25)20-16-4-2-3-11-7-12(19)5-6-14(11)16/h5-9,16,20H,2-4,19H2,1H3. The molecule has 0 aliphatic heterocycles. The lowest BCUT2D eigenvalue weighted by Gasteiger charge is -2.26. The predicted octanol–water partition coefficient (Wildman–Crippen LogP) is 2.98. The Labute approximate surface area is 150 Å². The Morgan fingerprint density at radius 3 is 2.73 bits per heavy atom. The Kier molecular flexibility index (Phi) is 4.68. The van der Waals surface area contributed by atoms with E-state index in [4.69, 9.17) is 5.73 Å². The van der Waals surface area contributed by atoms with Gasteiger partial charge in [0.15, 0.2) is 0 Å². The number of nitrogen functional groups attached to an aromatic ring is 1. The van der Waals surface area contributed by atoms with E-state index < -0.39 is 37.4 Å². The maximum Gasteiger partial charge on any atom is 0.276 e. The summed E-state index contributed by atoms with van der Waals surface area (Å²) in [6.45, 7) is 1.24. The van der Waals surface area contributed by atoms with Crippen LogP contribution in [0.15, 0.2) is 35.2 Å². The highest BCUT2D eigenvalue weighted by atomic mass is 32.2. The molecule has 0 amide bonds. The number of nitro benzene ring substituents is 1. The van der Waals surface area contributed by atoms with Crippen LogP contribution < -0.4 is 10.5 Å². The van der Waals surface area contributed by atoms with Crippen LogP contribution in [0, 0.1) is 22.9 Å². The van der Waals surface area contributed by atoms with Crippen molar-refractivity contribution < 1.29 is 17.7 Å². The zero-order valence-electron chi connectivity index (χ0n) is 14.0. The summed E-state index contributed by atoms with van der Waals surface area (Å²) < 4.78 is 41.9. The van der Waals surface area contributed by atoms with E-state index in [1.807, 2.05) is 6.07 Å². The molecule has 0 spiro atoms. The molecule has 0 aromatic heterocycles. The van der Waals surface area contributed by atoms with Crippen molar-refractivity contribution in [2.24, 2.45) is 0 Å². The molecule has 0 heterocycles. The van der Waals surface area contributed by atoms with Crippen molar-refractivity contribution in [3.8, 4) is 0 Å². The minimum Gasteiger partial charge on any atom is -0.399 e. The van der Waals surface area contributed by atoms with Crippen LogP contribution in [-0.2, 0) is 16.4 Å². The van der Waals surface area contributed by atoms with Crippen molar-refractivity contribution in [3.63, 3.8) is 0 Å². The second-order valence-corrected chi connectivity index (χ2v) is 8.04. The third-order valence-corrected chi connectivity index (χ3v) is 6.03. The van der Waals surface area contributed by atoms with Crippen molar-refractivity contribution in [2.75, 3.05) is 5.73 Å². The van der Waals surface area contributed by atoms with Crippen LogP contribution in [-0.4, -0.2) is 13.3 Å². The first-order valence-corrected chi connectivity index (χ1v) is 9.52. The number of aryl methyl sites for hydroxylation is 1. The molecule has 0 fully saturated rings. The number of nitrogens with two attached hydrogens (primary N) is 1. The number of rotatable bonds is 4. The van der Waals surface area contributed by atoms with E-state index in [1.54, 1.807) is 12.1 Å². The van der Waals surface area contributed by atoms with E-state index >= 15 is 0 Å². The molecule has 0 bridgehead atoms. The number of halogens is 1. The highest BCUT2D eigenvalue weighted by molar-refractivity contribution is 7.89. The second kappa shape index (κ2) is 6.65. The number of hydrogen-bond acceptors (Lipinski definition) is 5. The molecule has 26 heavy (non-hydrogen) atoms. The average Bonchev–Trinajstić information content (AvgIpc) is 2.56. The summed E-state index contributed by atoms with van der Waals surface area (Å²) >= 11 is 0. The van der Waals surface area contributed by atoms with Crippen molar-refractivity contribution in [3.05, 3.63) is 63.0 Å². The van der Waals surface area contributed by atoms with Gasteiger partial charge in [0.05, 0.1) is 15.4 Å². The molecule has 0 saturated heterocycles. The van der Waals surface area contributed by atoms with E-state index in [2.05, 4.69) is 4.72 Å². The van der Waals surface area contributed by atoms with Gasteiger partial charge < -0.3 is 5.73 Å². The Bertz CT molecular complexity index is 992. The Morgan fingerprint density at radius 1 is 1.31 bits per heavy atom. The van der Waals surface area contributed by atoms with E-state index in [-0.39, 0.29) is 5.56 Å². The monoisotopic (exact) mass is 379 g/mol. The molecular formula is C17H18FN3O4S. The number of nitrogens with zero attached hydrogens (tertiary/aromatic N) is 1. The van der Waals surface area contributed by atoms with Crippen LogP contribution in [0.5, 0.6) is 0 Å². The topological polar surface area (TPSA) is 115 Å². The average molecular weight is 379 g/mol. The van der Waals surface area contributed by atoms with Gasteiger partial charge in [0.25, 0.3) is 5.69 Å². The molecule has 0 saturated carbocycles. The molecule has 9 heteroatoms. The first-order chi connectivity index (χ1) is 12.2. The van der Waals surface area contributed by atoms with Crippen LogP contribution in [0.25, 0.3) is 0 Å². The number of benzene rings is 2. The van der Waals surface area contributed by atoms with Gasteiger partial charge in [-0.25, -0.2) is 17.5 Å². The third kappa shape index (κ3) is 3.40. The minimum atomic E-state index is -4.13. The SMILES string of the molecule is Cc1c(F)cc(S(=O)(=O)NC2CCCc3cc(N)ccc32)cc1[N+](=O)[O-]. The summed E-state index contributed by atoms with van der Waals surface area (Å²) in [5.74, 6) is -0.934. The molecule has 3 N–H and O–H groups in total. The van der Waals surface area contributed by atoms with E-state index in [9.17, 15) is 22.9 Å². The lowest BCUT2D eigenvalue weighted by atomic mass is 9.88. The summed E-state index contributed by atoms with van der Waals surface area (Å²) in [7, 11) is -4.13. The molecule has 0 radical (unpaired) electrons. The maximum atomic E-state index is 14.0. The van der Waals surface area contributed by atoms with Crippen LogP contribution in [0.3, 0.4) is 0 Å². The minimum absolute atomic E-state index is 0.201. The molecule has 1 aliphatic rings. The fraction of sp³-hybridized carbons (Fsp3) is 0.294. The molecule has 1 aliphatic carbocycles. The number of anilines is 1. The predicted molar refractivity (Wildman–Crippen MR) is 94.6 cm³/mol. The Balaban J connectivity index is 1.98. The summed E-state index contributed by atoms with van der Waals surface area (Å²) in [5, 5.41) is 11.1. The van der Waals surface area contributed by atoms with Gasteiger partial charge in [0, 0.05) is 17.8 Å². The van der Waals surface area contributed by atoms with Crippen molar-refractivity contribution in [1.29, 1.82) is 0 Å². The van der Waals surface area contributed by atoms with Crippen molar-refractivity contribution in [2.45, 2.75) is 37.1 Å². The zero-order valence-corrected chi connectivity index (χ0v) is 14.8. The molecule has 1 atom stereocenters. The van der Waals surface area contributed by atoms with E-state index in [1.165, 1.54) is 6.92 Å². The highest BCUT2D eigenvalue weighted by Gasteiger charge is 2.28. The van der Waals surface area contributed by atoms with Gasteiger partial charge in [0.1, 0.15) is 5.82 Å². The number of sulfonamides is 1. The summed E-state index contributed by atoms with van der Waals surface area (Å²) in [6.07, 6.45) is 2.14. The van der Waals surface area contributed by atoms with Crippen LogP contribution >= 0.6 is 0 Å². The molecule has 138 valence electrons. The molecule has 2 aromatic carbocycles. The molecule has 7 nitrogen and oxygen atoms in total. The van der Waals surface area contributed by atoms with Crippen molar-refractivity contribution >= 4 is 21.4 Å². The lowest BCUT2D eigenvalue weighted by Crippen LogP contribution is -2.31. The normalized spacial score (nSPS) is 16.9. The van der Waals surface area contributed by atoms with Gasteiger partial charge >= 0.3 is 0 Å². The first kappa shape index (κ1) is 18.3. The van der Waals surface area contributed by atoms with Gasteiger partial charge in [-0.15, -0.1) is 0 Å². The third-order valence-electron chi connectivity index (χ3n) is 4.58. The maximum absolute atomic E-state index is 14.0. The molecule has 1 unspecified atom stereocenters. The largest absolute Gasteiger partial charge is 0.399 e. The van der Waals surface area contributed by atoms with Gasteiger partial charge in [-0.1, -0.05) is 6.07 Å². The quantitative estimate of drug-likeness (QED) is 0.481. The van der Waals surface area contributed by atoms with Gasteiger partial charge in [-0.05, 0) is 55.5 Å². The van der Waals surface area contributed by atoms with Crippen LogP contribution in [0.4, 0.5) is 15.8 Å². The summed E-state index contributed by atoms with van der Waals surface area (Å²) in [4.78, 5) is 9.79. The smallest absolute Gasteiger partial charge is 0.276 e. The second-order valence-electron chi connectivity index (χ2n) is 6.33. The number of fused-ring (bicyclic) bond motifs is 1. The van der Waals surface area contributed by atoms with E-state index in [0.717, 1.165) is 36.1 Å². The summed E-state index contributed by atoms with van der Waals surface area (Å²) in [6, 6.07) is 6.47. The number of nitro groups is 1.